The largest absolute Gasteiger partial charge is 0.497 e. The van der Waals surface area contributed by atoms with Gasteiger partial charge in [-0.25, -0.2) is 0 Å². The minimum absolute atomic E-state index is 0.408. The molecule has 1 aliphatic rings. The molecule has 0 fully saturated rings. The maximum atomic E-state index is 12.1. The number of Topliss-reactive ketones (excluding diaryl/α,β-unsaturated/α-hetero) is 1. The number of ether oxygens (including phenoxy) is 1. The van der Waals surface area contributed by atoms with Crippen molar-refractivity contribution < 1.29 is 14.3 Å². The third kappa shape index (κ3) is 2.29. The number of amides is 1. The first-order chi connectivity index (χ1) is 10.1. The van der Waals surface area contributed by atoms with Crippen LogP contribution in [0.15, 0.2) is 30.6 Å². The van der Waals surface area contributed by atoms with Crippen LogP contribution in [0.3, 0.4) is 0 Å². The Morgan fingerprint density at radius 1 is 1.29 bits per heavy atom. The Labute approximate surface area is 121 Å². The van der Waals surface area contributed by atoms with Crippen molar-refractivity contribution in [1.29, 1.82) is 0 Å². The first-order valence-corrected chi connectivity index (χ1v) is 6.62. The van der Waals surface area contributed by atoms with Crippen LogP contribution in [0.25, 0.3) is 0 Å². The van der Waals surface area contributed by atoms with E-state index in [0.717, 1.165) is 5.56 Å². The second-order valence-corrected chi connectivity index (χ2v) is 4.94. The Hall–Kier alpha value is -2.63. The normalized spacial score (nSPS) is 13.7. The van der Waals surface area contributed by atoms with Crippen LogP contribution < -0.4 is 9.64 Å². The highest BCUT2D eigenvalue weighted by Gasteiger charge is 2.35. The molecule has 0 bridgehead atoms. The van der Waals surface area contributed by atoms with E-state index in [2.05, 4.69) is 5.10 Å². The Morgan fingerprint density at radius 2 is 2.10 bits per heavy atom. The molecule has 6 nitrogen and oxygen atoms in total. The lowest BCUT2D eigenvalue weighted by atomic mass is 10.1. The number of carbonyl (C=O) groups is 2. The van der Waals surface area contributed by atoms with Crippen LogP contribution in [-0.2, 0) is 18.3 Å². The molecule has 0 saturated heterocycles. The first kappa shape index (κ1) is 13.4. The molecule has 0 atom stereocenters. The number of aryl methyl sites for hydroxylation is 1. The van der Waals surface area contributed by atoms with Crippen molar-refractivity contribution in [3.05, 3.63) is 41.7 Å². The lowest BCUT2D eigenvalue weighted by Gasteiger charge is -2.16. The van der Waals surface area contributed by atoms with Gasteiger partial charge < -0.3 is 9.64 Å². The molecular formula is C15H15N3O3. The van der Waals surface area contributed by atoms with Gasteiger partial charge in [0.2, 0.25) is 0 Å². The number of hydrogen-bond acceptors (Lipinski definition) is 4. The van der Waals surface area contributed by atoms with Gasteiger partial charge in [-0.3, -0.25) is 14.3 Å². The summed E-state index contributed by atoms with van der Waals surface area (Å²) in [7, 11) is 3.37. The highest BCUT2D eigenvalue weighted by Crippen LogP contribution is 2.32. The van der Waals surface area contributed by atoms with Crippen LogP contribution in [0.5, 0.6) is 5.75 Å². The summed E-state index contributed by atoms with van der Waals surface area (Å²) in [5.74, 6) is -0.388. The van der Waals surface area contributed by atoms with E-state index in [0.29, 0.717) is 30.0 Å². The maximum absolute atomic E-state index is 12.1. The molecular weight excluding hydrogens is 270 g/mol. The Balaban J connectivity index is 1.84. The van der Waals surface area contributed by atoms with Crippen LogP contribution in [0.1, 0.15) is 15.9 Å². The summed E-state index contributed by atoms with van der Waals surface area (Å²) in [5, 5.41) is 4.09. The summed E-state index contributed by atoms with van der Waals surface area (Å²) in [5.41, 5.74) is 2.08. The molecule has 1 amide bonds. The Bertz CT molecular complexity index is 721. The van der Waals surface area contributed by atoms with Crippen molar-refractivity contribution in [2.45, 2.75) is 6.42 Å². The number of anilines is 1. The molecule has 108 valence electrons. The first-order valence-electron chi connectivity index (χ1n) is 6.62. The standard InChI is InChI=1S/C15H15N3O3/c1-17-9-10(8-16-17)5-6-18-13-4-3-11(21-2)7-12(13)14(19)15(18)20/h3-4,7-9H,5-6H2,1-2H3. The van der Waals surface area contributed by atoms with Gasteiger partial charge in [-0.2, -0.15) is 5.10 Å². The summed E-state index contributed by atoms with van der Waals surface area (Å²) < 4.78 is 6.81. The maximum Gasteiger partial charge on any atom is 0.299 e. The van der Waals surface area contributed by atoms with E-state index >= 15 is 0 Å². The van der Waals surface area contributed by atoms with E-state index in [1.807, 2.05) is 13.2 Å². The fourth-order valence-electron chi connectivity index (χ4n) is 2.47. The molecule has 0 spiro atoms. The average Bonchev–Trinajstić information content (AvgIpc) is 3.00. The Kier molecular flexibility index (Phi) is 3.21. The van der Waals surface area contributed by atoms with Crippen LogP contribution in [0.4, 0.5) is 5.69 Å². The lowest BCUT2D eigenvalue weighted by Crippen LogP contribution is -2.31. The highest BCUT2D eigenvalue weighted by atomic mass is 16.5. The van der Waals surface area contributed by atoms with Gasteiger partial charge in [0.25, 0.3) is 11.7 Å². The predicted molar refractivity (Wildman–Crippen MR) is 76.6 cm³/mol. The number of benzene rings is 1. The van der Waals surface area contributed by atoms with Crippen molar-refractivity contribution in [2.75, 3.05) is 18.6 Å². The molecule has 2 aromatic rings. The second-order valence-electron chi connectivity index (χ2n) is 4.94. The molecule has 21 heavy (non-hydrogen) atoms. The van der Waals surface area contributed by atoms with E-state index in [-0.39, 0.29) is 0 Å². The number of fused-ring (bicyclic) bond motifs is 1. The van der Waals surface area contributed by atoms with Crippen LogP contribution in [0, 0.1) is 0 Å². The molecule has 0 saturated carbocycles. The van der Waals surface area contributed by atoms with E-state index in [4.69, 9.17) is 4.74 Å². The zero-order valence-corrected chi connectivity index (χ0v) is 11.9. The van der Waals surface area contributed by atoms with Gasteiger partial charge in [0, 0.05) is 19.8 Å². The number of nitrogens with zero attached hydrogens (tertiary/aromatic N) is 3. The molecule has 0 unspecified atom stereocenters. The fraction of sp³-hybridized carbons (Fsp3) is 0.267. The third-order valence-electron chi connectivity index (χ3n) is 3.56. The molecule has 6 heteroatoms. The van der Waals surface area contributed by atoms with Gasteiger partial charge in [0.1, 0.15) is 5.75 Å². The molecule has 0 radical (unpaired) electrons. The van der Waals surface area contributed by atoms with E-state index in [1.165, 1.54) is 12.0 Å². The lowest BCUT2D eigenvalue weighted by molar-refractivity contribution is -0.114. The summed E-state index contributed by atoms with van der Waals surface area (Å²) in [6.07, 6.45) is 4.31. The number of carbonyl (C=O) groups excluding carboxylic acids is 2. The number of rotatable bonds is 4. The van der Waals surface area contributed by atoms with Crippen molar-refractivity contribution in [1.82, 2.24) is 9.78 Å². The third-order valence-corrected chi connectivity index (χ3v) is 3.56. The van der Waals surface area contributed by atoms with Gasteiger partial charge in [0.15, 0.2) is 0 Å². The molecule has 1 aromatic carbocycles. The fourth-order valence-corrected chi connectivity index (χ4v) is 2.47. The van der Waals surface area contributed by atoms with Gasteiger partial charge in [-0.05, 0) is 30.2 Å². The summed E-state index contributed by atoms with van der Waals surface area (Å²) in [6, 6.07) is 5.11. The van der Waals surface area contributed by atoms with Gasteiger partial charge in [-0.15, -0.1) is 0 Å². The average molecular weight is 285 g/mol. The SMILES string of the molecule is COc1ccc2c(c1)C(=O)C(=O)N2CCc1cnn(C)c1. The van der Waals surface area contributed by atoms with Crippen molar-refractivity contribution in [2.24, 2.45) is 7.05 Å². The molecule has 1 aromatic heterocycles. The molecule has 0 aliphatic carbocycles. The molecule has 3 rings (SSSR count). The minimum Gasteiger partial charge on any atom is -0.497 e. The van der Waals surface area contributed by atoms with Crippen molar-refractivity contribution in [3.8, 4) is 5.75 Å². The number of hydrogen-bond donors (Lipinski definition) is 0. The highest BCUT2D eigenvalue weighted by molar-refractivity contribution is 6.52. The van der Waals surface area contributed by atoms with E-state index < -0.39 is 11.7 Å². The minimum atomic E-state index is -0.484. The second kappa shape index (κ2) is 5.05. The van der Waals surface area contributed by atoms with Crippen LogP contribution in [0.2, 0.25) is 0 Å². The Morgan fingerprint density at radius 3 is 2.76 bits per heavy atom. The van der Waals surface area contributed by atoms with Gasteiger partial charge in [0.05, 0.1) is 24.6 Å². The van der Waals surface area contributed by atoms with Gasteiger partial charge >= 0.3 is 0 Å². The van der Waals surface area contributed by atoms with Crippen molar-refractivity contribution >= 4 is 17.4 Å². The molecule has 1 aliphatic heterocycles. The van der Waals surface area contributed by atoms with Crippen LogP contribution in [-0.4, -0.2) is 35.1 Å². The summed E-state index contributed by atoms with van der Waals surface area (Å²) in [4.78, 5) is 25.6. The smallest absolute Gasteiger partial charge is 0.299 e. The quantitative estimate of drug-likeness (QED) is 0.792. The van der Waals surface area contributed by atoms with E-state index in [1.54, 1.807) is 29.1 Å². The van der Waals surface area contributed by atoms with E-state index in [9.17, 15) is 9.59 Å². The van der Waals surface area contributed by atoms with Gasteiger partial charge in [-0.1, -0.05) is 0 Å². The zero-order valence-electron chi connectivity index (χ0n) is 11.9. The van der Waals surface area contributed by atoms with Crippen LogP contribution >= 0.6 is 0 Å². The monoisotopic (exact) mass is 285 g/mol. The van der Waals surface area contributed by atoms with Crippen molar-refractivity contribution in [3.63, 3.8) is 0 Å². The number of ketones is 1. The molecule has 0 N–H and O–H groups in total. The summed E-state index contributed by atoms with van der Waals surface area (Å²) in [6.45, 7) is 0.454. The molecule has 2 heterocycles. The number of methoxy groups -OCH3 is 1. The summed E-state index contributed by atoms with van der Waals surface area (Å²) >= 11 is 0. The zero-order chi connectivity index (χ0) is 15.0. The predicted octanol–water partition coefficient (Wildman–Crippen LogP) is 1.20. The topological polar surface area (TPSA) is 64.4 Å². The number of aromatic nitrogens is 2.